The Labute approximate surface area is 113 Å². The quantitative estimate of drug-likeness (QED) is 0.741. The van der Waals surface area contributed by atoms with Gasteiger partial charge in [0.2, 0.25) is 5.78 Å². The number of hydrogen-bond acceptors (Lipinski definition) is 4. The molecule has 0 bridgehead atoms. The maximum atomic E-state index is 11.1. The first-order chi connectivity index (χ1) is 8.99. The minimum absolute atomic E-state index is 0.344. The molecule has 0 saturated carbocycles. The minimum Gasteiger partial charge on any atom is -0.492 e. The molecule has 0 aliphatic heterocycles. The zero-order valence-electron chi connectivity index (χ0n) is 11.6. The molecule has 1 aromatic rings. The first kappa shape index (κ1) is 15.2. The molecule has 0 aromatic heterocycles. The largest absolute Gasteiger partial charge is 0.492 e. The van der Waals surface area contributed by atoms with E-state index in [1.54, 1.807) is 0 Å². The summed E-state index contributed by atoms with van der Waals surface area (Å²) in [6.07, 6.45) is 0. The number of nitrogens with zero attached hydrogens (tertiary/aromatic N) is 1. The number of ketones is 1. The summed E-state index contributed by atoms with van der Waals surface area (Å²) in [5.74, 6) is -0.251. The van der Waals surface area contributed by atoms with Crippen LogP contribution in [-0.2, 0) is 16.1 Å². The summed E-state index contributed by atoms with van der Waals surface area (Å²) in [5.41, 5.74) is 0.926. The molecule has 0 unspecified atom stereocenters. The van der Waals surface area contributed by atoms with Crippen LogP contribution in [0.5, 0.6) is 5.75 Å². The number of ether oxygens (including phenoxy) is 1. The maximum absolute atomic E-state index is 11.1. The molecule has 104 valence electrons. The highest BCUT2D eigenvalue weighted by Gasteiger charge is 2.06. The van der Waals surface area contributed by atoms with Crippen molar-refractivity contribution in [1.82, 2.24) is 10.2 Å². The van der Waals surface area contributed by atoms with Crippen LogP contribution in [0.4, 0.5) is 0 Å². The van der Waals surface area contributed by atoms with E-state index in [9.17, 15) is 9.59 Å². The second-order valence-corrected chi connectivity index (χ2v) is 4.53. The zero-order valence-corrected chi connectivity index (χ0v) is 11.6. The fourth-order valence-corrected chi connectivity index (χ4v) is 1.36. The van der Waals surface area contributed by atoms with Crippen LogP contribution in [0.15, 0.2) is 24.3 Å². The van der Waals surface area contributed by atoms with Crippen LogP contribution in [0.25, 0.3) is 0 Å². The van der Waals surface area contributed by atoms with Crippen LogP contribution in [0.1, 0.15) is 12.5 Å². The average Bonchev–Trinajstić information content (AvgIpc) is 2.37. The summed E-state index contributed by atoms with van der Waals surface area (Å²) in [7, 11) is 3.98. The minimum atomic E-state index is -0.564. The third-order valence-electron chi connectivity index (χ3n) is 2.50. The van der Waals surface area contributed by atoms with Crippen LogP contribution in [-0.4, -0.2) is 43.8 Å². The number of nitrogens with one attached hydrogen (secondary N) is 1. The van der Waals surface area contributed by atoms with Crippen LogP contribution in [0.2, 0.25) is 0 Å². The van der Waals surface area contributed by atoms with Gasteiger partial charge in [0.05, 0.1) is 0 Å². The van der Waals surface area contributed by atoms with E-state index in [2.05, 4.69) is 5.32 Å². The van der Waals surface area contributed by atoms with E-state index < -0.39 is 11.7 Å². The van der Waals surface area contributed by atoms with Crippen molar-refractivity contribution in [3.63, 3.8) is 0 Å². The molecule has 5 heteroatoms. The third-order valence-corrected chi connectivity index (χ3v) is 2.50. The molecule has 0 spiro atoms. The Kier molecular flexibility index (Phi) is 6.02. The van der Waals surface area contributed by atoms with Crippen molar-refractivity contribution >= 4 is 11.7 Å². The molecular weight excluding hydrogens is 244 g/mol. The molecule has 1 amide bonds. The second kappa shape index (κ2) is 7.53. The van der Waals surface area contributed by atoms with Crippen molar-refractivity contribution in [2.75, 3.05) is 27.2 Å². The van der Waals surface area contributed by atoms with E-state index in [1.807, 2.05) is 43.3 Å². The monoisotopic (exact) mass is 264 g/mol. The van der Waals surface area contributed by atoms with Crippen molar-refractivity contribution in [2.45, 2.75) is 13.5 Å². The van der Waals surface area contributed by atoms with Gasteiger partial charge in [0.25, 0.3) is 5.91 Å². The fraction of sp³-hybridized carbons (Fsp3) is 0.429. The van der Waals surface area contributed by atoms with Gasteiger partial charge in [-0.1, -0.05) is 12.1 Å². The molecule has 0 saturated heterocycles. The van der Waals surface area contributed by atoms with Crippen molar-refractivity contribution in [3.05, 3.63) is 29.8 Å². The molecule has 0 aliphatic carbocycles. The van der Waals surface area contributed by atoms with Crippen molar-refractivity contribution in [1.29, 1.82) is 0 Å². The Hall–Kier alpha value is -1.88. The summed E-state index contributed by atoms with van der Waals surface area (Å²) in [5, 5.41) is 2.54. The SMILES string of the molecule is CC(=O)C(=O)NCc1ccc(OCCN(C)C)cc1. The molecule has 1 N–H and O–H groups in total. The smallest absolute Gasteiger partial charge is 0.287 e. The summed E-state index contributed by atoms with van der Waals surface area (Å²) >= 11 is 0. The number of carbonyl (C=O) groups is 2. The molecule has 0 radical (unpaired) electrons. The van der Waals surface area contributed by atoms with Gasteiger partial charge in [-0.05, 0) is 31.8 Å². The number of likely N-dealkylation sites (N-methyl/N-ethyl adjacent to an activating group) is 1. The molecule has 0 fully saturated rings. The molecule has 0 atom stereocenters. The lowest BCUT2D eigenvalue weighted by Crippen LogP contribution is -2.28. The van der Waals surface area contributed by atoms with Gasteiger partial charge in [-0.3, -0.25) is 9.59 Å². The number of amides is 1. The average molecular weight is 264 g/mol. The molecular formula is C14H20N2O3. The lowest BCUT2D eigenvalue weighted by molar-refractivity contribution is -0.136. The number of hydrogen-bond donors (Lipinski definition) is 1. The first-order valence-electron chi connectivity index (χ1n) is 6.14. The van der Waals surface area contributed by atoms with Crippen molar-refractivity contribution in [3.8, 4) is 5.75 Å². The first-order valence-corrected chi connectivity index (χ1v) is 6.14. The number of Topliss-reactive ketones (excluding diaryl/α,β-unsaturated/α-hetero) is 1. The summed E-state index contributed by atoms with van der Waals surface area (Å²) in [6, 6.07) is 7.44. The predicted molar refractivity (Wildman–Crippen MR) is 73.0 cm³/mol. The van der Waals surface area contributed by atoms with Gasteiger partial charge in [0, 0.05) is 20.0 Å². The lowest BCUT2D eigenvalue weighted by atomic mass is 10.2. The summed E-state index contributed by atoms with van der Waals surface area (Å²) in [4.78, 5) is 23.9. The van der Waals surface area contributed by atoms with E-state index in [1.165, 1.54) is 6.92 Å². The second-order valence-electron chi connectivity index (χ2n) is 4.53. The van der Waals surface area contributed by atoms with Gasteiger partial charge in [-0.15, -0.1) is 0 Å². The fourth-order valence-electron chi connectivity index (χ4n) is 1.36. The molecule has 1 rings (SSSR count). The van der Waals surface area contributed by atoms with E-state index in [0.717, 1.165) is 17.9 Å². The Morgan fingerprint density at radius 1 is 1.21 bits per heavy atom. The molecule has 0 aliphatic rings. The highest BCUT2D eigenvalue weighted by molar-refractivity contribution is 6.35. The van der Waals surface area contributed by atoms with Gasteiger partial charge in [0.1, 0.15) is 12.4 Å². The Morgan fingerprint density at radius 2 is 1.84 bits per heavy atom. The Morgan fingerprint density at radius 3 is 2.37 bits per heavy atom. The van der Waals surface area contributed by atoms with E-state index in [4.69, 9.17) is 4.74 Å². The number of rotatable bonds is 7. The van der Waals surface area contributed by atoms with E-state index >= 15 is 0 Å². The van der Waals surface area contributed by atoms with Crippen LogP contribution in [0, 0.1) is 0 Å². The topological polar surface area (TPSA) is 58.6 Å². The van der Waals surface area contributed by atoms with Gasteiger partial charge in [-0.25, -0.2) is 0 Å². The Balaban J connectivity index is 2.39. The van der Waals surface area contributed by atoms with Crippen LogP contribution >= 0.6 is 0 Å². The third kappa shape index (κ3) is 6.01. The van der Waals surface area contributed by atoms with Crippen LogP contribution < -0.4 is 10.1 Å². The lowest BCUT2D eigenvalue weighted by Gasteiger charge is -2.11. The standard InChI is InChI=1S/C14H20N2O3/c1-11(17)14(18)15-10-12-4-6-13(7-5-12)19-9-8-16(2)3/h4-7H,8-10H2,1-3H3,(H,15,18). The van der Waals surface area contributed by atoms with Crippen molar-refractivity contribution in [2.24, 2.45) is 0 Å². The van der Waals surface area contributed by atoms with Crippen LogP contribution in [0.3, 0.4) is 0 Å². The summed E-state index contributed by atoms with van der Waals surface area (Å²) in [6.45, 7) is 3.08. The summed E-state index contributed by atoms with van der Waals surface area (Å²) < 4.78 is 5.55. The normalized spacial score (nSPS) is 10.3. The van der Waals surface area contributed by atoms with Gasteiger partial charge < -0.3 is 15.0 Å². The molecule has 1 aromatic carbocycles. The molecule has 0 heterocycles. The molecule has 5 nitrogen and oxygen atoms in total. The van der Waals surface area contributed by atoms with E-state index in [-0.39, 0.29) is 0 Å². The number of benzene rings is 1. The van der Waals surface area contributed by atoms with Gasteiger partial charge in [-0.2, -0.15) is 0 Å². The highest BCUT2D eigenvalue weighted by atomic mass is 16.5. The van der Waals surface area contributed by atoms with Gasteiger partial charge in [0.15, 0.2) is 0 Å². The highest BCUT2D eigenvalue weighted by Crippen LogP contribution is 2.11. The van der Waals surface area contributed by atoms with E-state index in [0.29, 0.717) is 13.2 Å². The van der Waals surface area contributed by atoms with Gasteiger partial charge >= 0.3 is 0 Å². The number of carbonyl (C=O) groups excluding carboxylic acids is 2. The zero-order chi connectivity index (χ0) is 14.3. The van der Waals surface area contributed by atoms with Crippen molar-refractivity contribution < 1.29 is 14.3 Å². The maximum Gasteiger partial charge on any atom is 0.287 e. The Bertz CT molecular complexity index is 427. The predicted octanol–water partition coefficient (Wildman–Crippen LogP) is 0.832. The molecule has 19 heavy (non-hydrogen) atoms.